The van der Waals surface area contributed by atoms with E-state index in [1.807, 2.05) is 0 Å². The number of hydrogen-bond acceptors (Lipinski definition) is 2. The van der Waals surface area contributed by atoms with Crippen LogP contribution in [0.2, 0.25) is 0 Å². The standard InChI is InChI=1S/C6H10NO2/c1-7-4-5(9-2)3-6(7)8/h3,5H,4H2,1-2H3. The molecular formula is C6H10NO2. The Labute approximate surface area is 54.6 Å². The van der Waals surface area contributed by atoms with E-state index in [1.54, 1.807) is 25.5 Å². The van der Waals surface area contributed by atoms with Crippen molar-refractivity contribution in [1.29, 1.82) is 0 Å². The topological polar surface area (TPSA) is 29.5 Å². The van der Waals surface area contributed by atoms with Gasteiger partial charge < -0.3 is 9.64 Å². The zero-order valence-corrected chi connectivity index (χ0v) is 5.63. The molecule has 0 spiro atoms. The van der Waals surface area contributed by atoms with Crippen LogP contribution < -0.4 is 0 Å². The van der Waals surface area contributed by atoms with Crippen molar-refractivity contribution in [2.24, 2.45) is 0 Å². The van der Waals surface area contributed by atoms with Gasteiger partial charge in [0.05, 0.1) is 12.5 Å². The Balaban J connectivity index is 2.44. The van der Waals surface area contributed by atoms with Gasteiger partial charge in [-0.15, -0.1) is 0 Å². The summed E-state index contributed by atoms with van der Waals surface area (Å²) in [6, 6.07) is 0. The predicted molar refractivity (Wildman–Crippen MR) is 32.7 cm³/mol. The van der Waals surface area contributed by atoms with Gasteiger partial charge in [0.15, 0.2) is 0 Å². The number of hydrogen-bond donors (Lipinski definition) is 0. The minimum absolute atomic E-state index is 0.00231. The summed E-state index contributed by atoms with van der Waals surface area (Å²) in [6.07, 6.45) is 1.59. The van der Waals surface area contributed by atoms with E-state index in [9.17, 15) is 4.79 Å². The maximum Gasteiger partial charge on any atom is 0.229 e. The van der Waals surface area contributed by atoms with Crippen LogP contribution in [0.1, 0.15) is 0 Å². The quantitative estimate of drug-likeness (QED) is 0.484. The van der Waals surface area contributed by atoms with Crippen LogP contribution in [0.3, 0.4) is 0 Å². The largest absolute Gasteiger partial charge is 0.379 e. The molecule has 0 aliphatic carbocycles. The number of likely N-dealkylation sites (N-methyl/N-ethyl adjacent to an activating group) is 1. The highest BCUT2D eigenvalue weighted by atomic mass is 16.5. The lowest BCUT2D eigenvalue weighted by molar-refractivity contribution is -0.123. The van der Waals surface area contributed by atoms with Gasteiger partial charge in [-0.25, -0.2) is 0 Å². The van der Waals surface area contributed by atoms with Crippen LogP contribution in [0.5, 0.6) is 0 Å². The smallest absolute Gasteiger partial charge is 0.229 e. The van der Waals surface area contributed by atoms with Crippen molar-refractivity contribution in [3.8, 4) is 0 Å². The Morgan fingerprint density at radius 3 is 2.78 bits per heavy atom. The van der Waals surface area contributed by atoms with Crippen molar-refractivity contribution in [2.75, 3.05) is 20.7 Å². The van der Waals surface area contributed by atoms with Gasteiger partial charge in [-0.1, -0.05) is 0 Å². The van der Waals surface area contributed by atoms with Crippen molar-refractivity contribution in [1.82, 2.24) is 4.90 Å². The molecule has 1 heterocycles. The summed E-state index contributed by atoms with van der Waals surface area (Å²) in [5, 5.41) is 0. The summed E-state index contributed by atoms with van der Waals surface area (Å²) < 4.78 is 4.93. The van der Waals surface area contributed by atoms with Crippen LogP contribution in [0.15, 0.2) is 0 Å². The first-order chi connectivity index (χ1) is 4.24. The van der Waals surface area contributed by atoms with Crippen LogP contribution in [0.25, 0.3) is 0 Å². The third kappa shape index (κ3) is 1.21. The minimum Gasteiger partial charge on any atom is -0.379 e. The van der Waals surface area contributed by atoms with E-state index in [0.29, 0.717) is 6.54 Å². The summed E-state index contributed by atoms with van der Waals surface area (Å²) in [5.74, 6) is 0.0573. The third-order valence-corrected chi connectivity index (χ3v) is 1.46. The molecule has 0 saturated carbocycles. The lowest BCUT2D eigenvalue weighted by atomic mass is 10.3. The SMILES string of the molecule is COC1[CH]C(=O)N(C)C1. The first-order valence-electron chi connectivity index (χ1n) is 2.87. The van der Waals surface area contributed by atoms with Crippen molar-refractivity contribution in [2.45, 2.75) is 6.10 Å². The minimum atomic E-state index is 0.00231. The first kappa shape index (κ1) is 6.55. The van der Waals surface area contributed by atoms with E-state index in [0.717, 1.165) is 0 Å². The van der Waals surface area contributed by atoms with Crippen LogP contribution >= 0.6 is 0 Å². The van der Waals surface area contributed by atoms with Gasteiger partial charge in [-0.2, -0.15) is 0 Å². The van der Waals surface area contributed by atoms with E-state index in [1.165, 1.54) is 0 Å². The van der Waals surface area contributed by atoms with Gasteiger partial charge in [0.2, 0.25) is 5.91 Å². The molecule has 9 heavy (non-hydrogen) atoms. The summed E-state index contributed by atoms with van der Waals surface area (Å²) in [6.45, 7) is 0.690. The number of methoxy groups -OCH3 is 1. The van der Waals surface area contributed by atoms with Crippen LogP contribution in [0, 0.1) is 6.42 Å². The summed E-state index contributed by atoms with van der Waals surface area (Å²) >= 11 is 0. The number of carbonyl (C=O) groups is 1. The lowest BCUT2D eigenvalue weighted by Crippen LogP contribution is -2.20. The Hall–Kier alpha value is -0.570. The summed E-state index contributed by atoms with van der Waals surface area (Å²) in [7, 11) is 3.37. The second-order valence-corrected chi connectivity index (χ2v) is 2.16. The Kier molecular flexibility index (Phi) is 1.71. The molecule has 3 nitrogen and oxygen atoms in total. The van der Waals surface area contributed by atoms with Gasteiger partial charge >= 0.3 is 0 Å². The molecule has 1 saturated heterocycles. The number of nitrogens with zero attached hydrogens (tertiary/aromatic N) is 1. The van der Waals surface area contributed by atoms with Gasteiger partial charge in [0.25, 0.3) is 0 Å². The second-order valence-electron chi connectivity index (χ2n) is 2.16. The molecule has 0 bridgehead atoms. The number of carbonyl (C=O) groups excluding carboxylic acids is 1. The summed E-state index contributed by atoms with van der Waals surface area (Å²) in [4.78, 5) is 12.4. The Morgan fingerprint density at radius 1 is 1.89 bits per heavy atom. The fraction of sp³-hybridized carbons (Fsp3) is 0.667. The third-order valence-electron chi connectivity index (χ3n) is 1.46. The zero-order valence-electron chi connectivity index (χ0n) is 5.63. The molecular weight excluding hydrogens is 118 g/mol. The zero-order chi connectivity index (χ0) is 6.85. The predicted octanol–water partition coefficient (Wildman–Crippen LogP) is -0.322. The summed E-state index contributed by atoms with van der Waals surface area (Å²) in [5.41, 5.74) is 0. The number of rotatable bonds is 1. The molecule has 0 N–H and O–H groups in total. The number of likely N-dealkylation sites (tertiary alicyclic amines) is 1. The van der Waals surface area contributed by atoms with Crippen molar-refractivity contribution < 1.29 is 9.53 Å². The highest BCUT2D eigenvalue weighted by Gasteiger charge is 2.26. The normalized spacial score (nSPS) is 27.6. The second kappa shape index (κ2) is 2.35. The van der Waals surface area contributed by atoms with E-state index in [-0.39, 0.29) is 12.0 Å². The van der Waals surface area contributed by atoms with Crippen molar-refractivity contribution in [3.63, 3.8) is 0 Å². The molecule has 1 fully saturated rings. The lowest BCUT2D eigenvalue weighted by Gasteiger charge is -2.06. The number of amides is 1. The van der Waals surface area contributed by atoms with Crippen molar-refractivity contribution >= 4 is 5.91 Å². The Bertz CT molecular complexity index is 124. The molecule has 1 atom stereocenters. The molecule has 1 aliphatic rings. The fourth-order valence-corrected chi connectivity index (χ4v) is 0.841. The van der Waals surface area contributed by atoms with E-state index < -0.39 is 0 Å². The monoisotopic (exact) mass is 128 g/mol. The van der Waals surface area contributed by atoms with Crippen LogP contribution in [-0.4, -0.2) is 37.6 Å². The maximum absolute atomic E-state index is 10.7. The highest BCUT2D eigenvalue weighted by molar-refractivity contribution is 5.87. The van der Waals surface area contributed by atoms with E-state index >= 15 is 0 Å². The van der Waals surface area contributed by atoms with Crippen LogP contribution in [0.4, 0.5) is 0 Å². The molecule has 3 heteroatoms. The highest BCUT2D eigenvalue weighted by Crippen LogP contribution is 2.08. The average molecular weight is 128 g/mol. The van der Waals surface area contributed by atoms with E-state index in [4.69, 9.17) is 4.74 Å². The van der Waals surface area contributed by atoms with E-state index in [2.05, 4.69) is 0 Å². The van der Waals surface area contributed by atoms with Gasteiger partial charge in [-0.3, -0.25) is 4.79 Å². The number of ether oxygens (including phenoxy) is 1. The molecule has 0 aromatic rings. The molecule has 0 aromatic carbocycles. The van der Waals surface area contributed by atoms with Crippen LogP contribution in [-0.2, 0) is 9.53 Å². The van der Waals surface area contributed by atoms with Gasteiger partial charge in [0.1, 0.15) is 0 Å². The molecule has 51 valence electrons. The first-order valence-corrected chi connectivity index (χ1v) is 2.87. The molecule has 0 aromatic heterocycles. The molecule has 1 rings (SSSR count). The molecule has 1 radical (unpaired) electrons. The Morgan fingerprint density at radius 2 is 2.56 bits per heavy atom. The molecule has 1 aliphatic heterocycles. The molecule has 1 unspecified atom stereocenters. The van der Waals surface area contributed by atoms with Crippen molar-refractivity contribution in [3.05, 3.63) is 6.42 Å². The molecule has 1 amide bonds. The average Bonchev–Trinajstić information content (AvgIpc) is 2.13. The maximum atomic E-state index is 10.7. The fourth-order valence-electron chi connectivity index (χ4n) is 0.841. The van der Waals surface area contributed by atoms with Gasteiger partial charge in [0, 0.05) is 20.7 Å². The van der Waals surface area contributed by atoms with Gasteiger partial charge in [-0.05, 0) is 0 Å².